The van der Waals surface area contributed by atoms with Crippen molar-refractivity contribution in [2.75, 3.05) is 26.4 Å². The van der Waals surface area contributed by atoms with Crippen molar-refractivity contribution in [3.8, 4) is 0 Å². The van der Waals surface area contributed by atoms with Crippen LogP contribution in [0.4, 0.5) is 0 Å². The normalized spacial score (nSPS) is 27.7. The maximum absolute atomic E-state index is 13.5. The molecule has 3 rings (SSSR count). The van der Waals surface area contributed by atoms with Gasteiger partial charge in [-0.3, -0.25) is 9.59 Å². The molecule has 14 N–H and O–H groups in total. The molecule has 23 heteroatoms. The molecule has 18 unspecified atom stereocenters. The van der Waals surface area contributed by atoms with E-state index in [4.69, 9.17) is 28.4 Å². The van der Waals surface area contributed by atoms with Crippen LogP contribution in [0.3, 0.4) is 0 Å². The Hall–Kier alpha value is -2.27. The van der Waals surface area contributed by atoms with Crippen molar-refractivity contribution in [1.82, 2.24) is 10.6 Å². The zero-order chi connectivity index (χ0) is 69.6. The molecule has 3 fully saturated rings. The Labute approximate surface area is 569 Å². The number of aliphatic hydroxyl groups is 11. The van der Waals surface area contributed by atoms with Crippen molar-refractivity contribution in [3.63, 3.8) is 0 Å². The van der Waals surface area contributed by atoms with Crippen molar-refractivity contribution in [2.24, 2.45) is 0 Å². The topological polar surface area (TPSA) is 373 Å². The van der Waals surface area contributed by atoms with Gasteiger partial charge in [-0.25, -0.2) is 4.79 Å². The number of hydrogen-bond acceptors (Lipinski definition) is 20. The van der Waals surface area contributed by atoms with E-state index < -0.39 is 148 Å². The number of carbonyl (C=O) groups excluding carboxylic acids is 2. The summed E-state index contributed by atoms with van der Waals surface area (Å²) >= 11 is 0. The van der Waals surface area contributed by atoms with Gasteiger partial charge in [-0.15, -0.1) is 0 Å². The number of rotatable bonds is 59. The molecule has 3 aliphatic rings. The van der Waals surface area contributed by atoms with Crippen LogP contribution >= 0.6 is 0 Å². The fourth-order valence-corrected chi connectivity index (χ4v) is 13.5. The molecular weight excluding hydrogens is 1230 g/mol. The highest BCUT2D eigenvalue weighted by molar-refractivity contribution is 5.77. The predicted molar refractivity (Wildman–Crippen MR) is 362 cm³/mol. The first-order valence-corrected chi connectivity index (χ1v) is 37.9. The molecule has 0 spiro atoms. The van der Waals surface area contributed by atoms with Crippen LogP contribution in [-0.4, -0.2) is 215 Å². The Bertz CT molecular complexity index is 1910. The van der Waals surface area contributed by atoms with E-state index in [1.54, 1.807) is 0 Å². The third kappa shape index (κ3) is 34.3. The summed E-state index contributed by atoms with van der Waals surface area (Å²) in [7, 11) is 0. The van der Waals surface area contributed by atoms with E-state index in [1.165, 1.54) is 205 Å². The Morgan fingerprint density at radius 1 is 0.505 bits per heavy atom. The smallest absolute Gasteiger partial charge is 0.364 e. The van der Waals surface area contributed by atoms with Gasteiger partial charge in [0.2, 0.25) is 11.8 Å². The summed E-state index contributed by atoms with van der Waals surface area (Å²) in [6.07, 6.45) is 23.1. The fraction of sp³-hybridized carbons (Fsp3) is 0.958. The Balaban J connectivity index is 1.42. The molecule has 0 aliphatic carbocycles. The second-order valence-corrected chi connectivity index (χ2v) is 27.9. The third-order valence-corrected chi connectivity index (χ3v) is 19.6. The molecule has 23 nitrogen and oxygen atoms in total. The van der Waals surface area contributed by atoms with Crippen molar-refractivity contribution >= 4 is 17.8 Å². The molecule has 3 aliphatic heterocycles. The van der Waals surface area contributed by atoms with Crippen LogP contribution in [0.15, 0.2) is 0 Å². The summed E-state index contributed by atoms with van der Waals surface area (Å²) < 4.78 is 34.8. The number of carbonyl (C=O) groups is 3. The lowest BCUT2D eigenvalue weighted by Crippen LogP contribution is -2.70. The van der Waals surface area contributed by atoms with E-state index >= 15 is 0 Å². The summed E-state index contributed by atoms with van der Waals surface area (Å²) in [5, 5.41) is 136. The second-order valence-electron chi connectivity index (χ2n) is 27.9. The molecule has 560 valence electrons. The van der Waals surface area contributed by atoms with E-state index in [9.17, 15) is 75.7 Å². The van der Waals surface area contributed by atoms with Crippen LogP contribution in [-0.2, 0) is 42.8 Å². The monoisotopic (exact) mass is 1360 g/mol. The first-order chi connectivity index (χ1) is 45.9. The minimum atomic E-state index is -3.08. The van der Waals surface area contributed by atoms with Crippen LogP contribution in [0.25, 0.3) is 0 Å². The lowest BCUT2D eigenvalue weighted by molar-refractivity contribution is -0.386. The third-order valence-electron chi connectivity index (χ3n) is 19.6. The first-order valence-electron chi connectivity index (χ1n) is 37.9. The van der Waals surface area contributed by atoms with Crippen molar-refractivity contribution in [1.29, 1.82) is 0 Å². The summed E-state index contributed by atoms with van der Waals surface area (Å²) in [6, 6.07) is -2.52. The first kappa shape index (κ1) is 86.9. The number of unbranched alkanes of at least 4 members (excludes halogenated alkanes) is 39. The largest absolute Gasteiger partial charge is 0.477 e. The number of nitrogens with one attached hydrogen (secondary N) is 2. The molecule has 18 atom stereocenters. The number of amides is 2. The summed E-state index contributed by atoms with van der Waals surface area (Å²) in [5.41, 5.74) is 0. The highest BCUT2D eigenvalue weighted by Crippen LogP contribution is 2.39. The maximum atomic E-state index is 13.5. The fourth-order valence-electron chi connectivity index (χ4n) is 13.5. The van der Waals surface area contributed by atoms with Crippen molar-refractivity contribution < 1.29 is 104 Å². The van der Waals surface area contributed by atoms with Gasteiger partial charge in [-0.05, 0) is 12.8 Å². The second kappa shape index (κ2) is 52.7. The summed E-state index contributed by atoms with van der Waals surface area (Å²) in [6.45, 7) is 2.19. The number of aliphatic hydroxyl groups excluding tert-OH is 11. The van der Waals surface area contributed by atoms with Gasteiger partial charge >= 0.3 is 5.97 Å². The molecule has 95 heavy (non-hydrogen) atoms. The standard InChI is InChI=1S/C72H136N2O21/c1-4-6-8-10-12-14-15-16-17-18-19-20-21-22-23-24-25-26-27-28-29-30-31-32-33-34-35-36-38-40-42-44-46-59(82)74-53(54(79)45-43-41-39-37-13-11-9-7-5-2)51-90-69-64(86)63(85)66(58(50-77)92-69)93-70-65(87)68(62(84)57(49-76)91-70)95-72(71(88)89)47-55(80)60(73-52(3)78)67(94-72)61(83)56(81)48-75/h53-58,60-70,75-77,79-81,83-87H,4-51H2,1-3H3,(H,73,78)(H,74,82)(H,88,89). The van der Waals surface area contributed by atoms with Gasteiger partial charge in [-0.1, -0.05) is 271 Å². The number of aliphatic carboxylic acids is 1. The van der Waals surface area contributed by atoms with E-state index in [0.29, 0.717) is 19.3 Å². The molecule has 3 heterocycles. The average molecular weight is 1370 g/mol. The Morgan fingerprint density at radius 3 is 1.32 bits per heavy atom. The van der Waals surface area contributed by atoms with Gasteiger partial charge < -0.3 is 100 Å². The van der Waals surface area contributed by atoms with Crippen molar-refractivity contribution in [2.45, 2.75) is 413 Å². The molecule has 0 radical (unpaired) electrons. The molecule has 0 aromatic rings. The lowest BCUT2D eigenvalue weighted by Gasteiger charge is -2.50. The van der Waals surface area contributed by atoms with Crippen LogP contribution in [0.1, 0.15) is 303 Å². The number of ether oxygens (including phenoxy) is 6. The van der Waals surface area contributed by atoms with Crippen LogP contribution in [0, 0.1) is 0 Å². The molecule has 2 amide bonds. The van der Waals surface area contributed by atoms with Crippen LogP contribution < -0.4 is 10.6 Å². The number of hydrogen-bond donors (Lipinski definition) is 14. The molecular formula is C72H136N2O21. The van der Waals surface area contributed by atoms with Gasteiger partial charge in [0.25, 0.3) is 5.79 Å². The molecule has 3 saturated heterocycles. The van der Waals surface area contributed by atoms with Gasteiger partial charge in [-0.2, -0.15) is 0 Å². The molecule has 0 saturated carbocycles. The minimum Gasteiger partial charge on any atom is -0.477 e. The predicted octanol–water partition coefficient (Wildman–Crippen LogP) is 8.46. The number of carboxylic acids is 1. The van der Waals surface area contributed by atoms with E-state index in [1.807, 2.05) is 0 Å². The van der Waals surface area contributed by atoms with Gasteiger partial charge in [0, 0.05) is 19.8 Å². The maximum Gasteiger partial charge on any atom is 0.364 e. The van der Waals surface area contributed by atoms with Crippen LogP contribution in [0.5, 0.6) is 0 Å². The molecule has 0 aromatic heterocycles. The summed E-state index contributed by atoms with van der Waals surface area (Å²) in [4.78, 5) is 38.5. The SMILES string of the molecule is CCCCCCCCCCCCCCCCCCCCCCCCCCCCCCCCCCC(=O)NC(COC1OC(CO)C(OC2OC(CO)C(O)C(OC3(C(=O)O)CC(O)C(NC(C)=O)C(C(O)C(O)CO)O3)C2O)C(O)C1O)C(O)CCCCCCCCCCC. The highest BCUT2D eigenvalue weighted by atomic mass is 16.8. The van der Waals surface area contributed by atoms with E-state index in [2.05, 4.69) is 24.5 Å². The zero-order valence-corrected chi connectivity index (χ0v) is 58.8. The van der Waals surface area contributed by atoms with Gasteiger partial charge in [0.15, 0.2) is 12.6 Å². The van der Waals surface area contributed by atoms with Gasteiger partial charge in [0.1, 0.15) is 67.1 Å². The lowest BCUT2D eigenvalue weighted by atomic mass is 9.88. The van der Waals surface area contributed by atoms with Crippen molar-refractivity contribution in [3.05, 3.63) is 0 Å². The number of carboxylic acid groups (broad SMARTS) is 1. The van der Waals surface area contributed by atoms with Gasteiger partial charge in [0.05, 0.1) is 50.7 Å². The molecule has 0 bridgehead atoms. The van der Waals surface area contributed by atoms with Crippen LogP contribution in [0.2, 0.25) is 0 Å². The quantitative estimate of drug-likeness (QED) is 0.0254. The average Bonchev–Trinajstić information content (AvgIpc) is 0.759. The Morgan fingerprint density at radius 2 is 0.916 bits per heavy atom. The highest BCUT2D eigenvalue weighted by Gasteiger charge is 2.60. The summed E-state index contributed by atoms with van der Waals surface area (Å²) in [5.74, 6) is -6.09. The minimum absolute atomic E-state index is 0.229. The van der Waals surface area contributed by atoms with E-state index in [-0.39, 0.29) is 18.9 Å². The molecule has 0 aromatic carbocycles. The Kier molecular flexibility index (Phi) is 48.2. The van der Waals surface area contributed by atoms with E-state index in [0.717, 1.165) is 51.9 Å². The zero-order valence-electron chi connectivity index (χ0n) is 58.8.